The van der Waals surface area contributed by atoms with Gasteiger partial charge in [0.15, 0.2) is 6.29 Å². The van der Waals surface area contributed by atoms with Crippen molar-refractivity contribution in [1.29, 1.82) is 0 Å². The van der Waals surface area contributed by atoms with Crippen LogP contribution >= 0.6 is 22.6 Å². The van der Waals surface area contributed by atoms with Gasteiger partial charge in [0, 0.05) is 6.20 Å². The van der Waals surface area contributed by atoms with Crippen molar-refractivity contribution in [3.8, 4) is 0 Å². The molecule has 0 fully saturated rings. The minimum absolute atomic E-state index is 0.583. The summed E-state index contributed by atoms with van der Waals surface area (Å²) in [5.74, 6) is 0.717. The summed E-state index contributed by atoms with van der Waals surface area (Å²) in [7, 11) is 0. The molecule has 0 aliphatic rings. The molecule has 3 nitrogen and oxygen atoms in total. The number of carbonyl (C=O) groups excluding carboxylic acids is 1. The molecule has 0 amide bonds. The van der Waals surface area contributed by atoms with Crippen molar-refractivity contribution in [2.45, 2.75) is 17.4 Å². The summed E-state index contributed by atoms with van der Waals surface area (Å²) >= 11 is 2.03. The van der Waals surface area contributed by atoms with Crippen LogP contribution in [0.1, 0.15) is 12.5 Å². The third kappa shape index (κ3) is 3.30. The molecule has 0 aliphatic heterocycles. The van der Waals surface area contributed by atoms with E-state index in [1.165, 1.54) is 0 Å². The monoisotopic (exact) mass is 290 g/mol. The lowest BCUT2D eigenvalue weighted by Crippen LogP contribution is -2.28. The largest absolute Gasteiger partial charge is 0.350 e. The number of anilines is 1. The molecule has 1 heterocycles. The third-order valence-electron chi connectivity index (χ3n) is 1.51. The Bertz CT molecular complexity index is 295. The van der Waals surface area contributed by atoms with Gasteiger partial charge in [0.1, 0.15) is 9.36 Å². The molecule has 0 saturated carbocycles. The Morgan fingerprint density at radius 1 is 1.62 bits per heavy atom. The number of hydrogen-bond donors (Lipinski definition) is 1. The van der Waals surface area contributed by atoms with Crippen LogP contribution in [0.3, 0.4) is 0 Å². The van der Waals surface area contributed by atoms with E-state index in [-0.39, 0.29) is 0 Å². The summed E-state index contributed by atoms with van der Waals surface area (Å²) in [5, 5.41) is 3.00. The number of pyridine rings is 1. The highest BCUT2D eigenvalue weighted by Crippen LogP contribution is 2.17. The summed E-state index contributed by atoms with van der Waals surface area (Å²) in [6.07, 6.45) is 2.62. The van der Waals surface area contributed by atoms with E-state index in [9.17, 15) is 4.79 Å². The summed E-state index contributed by atoms with van der Waals surface area (Å²) < 4.78 is -0.583. The fourth-order valence-corrected chi connectivity index (χ4v) is 1.10. The maximum Gasteiger partial charge on any atom is 0.155 e. The second-order valence-corrected chi connectivity index (χ2v) is 5.28. The Hall–Kier alpha value is -0.650. The fourth-order valence-electron chi connectivity index (χ4n) is 0.822. The van der Waals surface area contributed by atoms with Gasteiger partial charge in [0.2, 0.25) is 0 Å². The van der Waals surface area contributed by atoms with Crippen molar-refractivity contribution in [2.24, 2.45) is 0 Å². The van der Waals surface area contributed by atoms with Gasteiger partial charge < -0.3 is 5.32 Å². The molecule has 0 radical (unpaired) electrons. The van der Waals surface area contributed by atoms with Crippen LogP contribution in [0.2, 0.25) is 0 Å². The lowest BCUT2D eigenvalue weighted by molar-refractivity contribution is -0.108. The molecule has 0 bridgehead atoms. The van der Waals surface area contributed by atoms with Crippen LogP contribution < -0.4 is 5.32 Å². The Labute approximate surface area is 91.1 Å². The van der Waals surface area contributed by atoms with Crippen molar-refractivity contribution in [1.82, 2.24) is 4.98 Å². The summed E-state index contributed by atoms with van der Waals surface area (Å²) in [4.78, 5) is 14.7. The molecule has 0 spiro atoms. The van der Waals surface area contributed by atoms with Gasteiger partial charge in [-0.2, -0.15) is 0 Å². The lowest BCUT2D eigenvalue weighted by atomic mass is 10.3. The average Bonchev–Trinajstić information content (AvgIpc) is 2.09. The zero-order valence-electron chi connectivity index (χ0n) is 7.54. The van der Waals surface area contributed by atoms with Crippen molar-refractivity contribution >= 4 is 34.7 Å². The summed E-state index contributed by atoms with van der Waals surface area (Å²) in [6, 6.07) is 3.81. The van der Waals surface area contributed by atoms with Crippen LogP contribution in [-0.2, 0) is 4.79 Å². The topological polar surface area (TPSA) is 42.0 Å². The van der Waals surface area contributed by atoms with Crippen molar-refractivity contribution in [3.63, 3.8) is 0 Å². The van der Waals surface area contributed by atoms with Gasteiger partial charge in [0.25, 0.3) is 0 Å². The van der Waals surface area contributed by atoms with Gasteiger partial charge in [-0.15, -0.1) is 0 Å². The molecular formula is C9H11IN2O. The second kappa shape index (κ2) is 4.04. The second-order valence-electron chi connectivity index (χ2n) is 3.04. The molecule has 70 valence electrons. The Morgan fingerprint density at radius 2 is 2.31 bits per heavy atom. The van der Waals surface area contributed by atoms with Gasteiger partial charge in [-0.3, -0.25) is 4.79 Å². The summed E-state index contributed by atoms with van der Waals surface area (Å²) in [6.45, 7) is 3.77. The van der Waals surface area contributed by atoms with Crippen molar-refractivity contribution < 1.29 is 4.79 Å². The van der Waals surface area contributed by atoms with E-state index < -0.39 is 3.55 Å². The van der Waals surface area contributed by atoms with Gasteiger partial charge in [-0.05, 0) is 48.1 Å². The highest BCUT2D eigenvalue weighted by molar-refractivity contribution is 14.1. The average molecular weight is 290 g/mol. The number of aromatic nitrogens is 1. The molecule has 13 heavy (non-hydrogen) atoms. The zero-order chi connectivity index (χ0) is 9.90. The summed E-state index contributed by atoms with van der Waals surface area (Å²) in [5.41, 5.74) is 1.10. The lowest BCUT2D eigenvalue weighted by Gasteiger charge is -2.17. The molecule has 1 aromatic heterocycles. The number of carbonyl (C=O) groups is 1. The van der Waals surface area contributed by atoms with Crippen LogP contribution in [-0.4, -0.2) is 14.8 Å². The van der Waals surface area contributed by atoms with Crippen LogP contribution in [0.15, 0.2) is 18.3 Å². The molecule has 0 aromatic carbocycles. The molecular weight excluding hydrogens is 279 g/mol. The predicted molar refractivity (Wildman–Crippen MR) is 61.1 cm³/mol. The molecule has 1 rings (SSSR count). The molecule has 1 N–H and O–H groups in total. The van der Waals surface area contributed by atoms with Crippen LogP contribution in [0.4, 0.5) is 5.82 Å². The number of nitrogens with one attached hydrogen (secondary N) is 1. The van der Waals surface area contributed by atoms with Crippen molar-refractivity contribution in [2.75, 3.05) is 5.32 Å². The zero-order valence-corrected chi connectivity index (χ0v) is 9.70. The standard InChI is InChI=1S/C9H11IN2O/c1-7-3-4-8(11-5-7)12-9(2,10)6-13/h3-6H,1-2H3,(H,11,12). The number of nitrogens with zero attached hydrogens (tertiary/aromatic N) is 1. The van der Waals surface area contributed by atoms with Gasteiger partial charge in [-0.1, -0.05) is 6.07 Å². The van der Waals surface area contributed by atoms with E-state index in [1.54, 1.807) is 13.1 Å². The Kier molecular flexibility index (Phi) is 3.24. The van der Waals surface area contributed by atoms with Gasteiger partial charge in [0.05, 0.1) is 0 Å². The normalized spacial score (nSPS) is 14.7. The van der Waals surface area contributed by atoms with Gasteiger partial charge in [-0.25, -0.2) is 4.98 Å². The van der Waals surface area contributed by atoms with Gasteiger partial charge >= 0.3 is 0 Å². The molecule has 1 aromatic rings. The molecule has 0 aliphatic carbocycles. The van der Waals surface area contributed by atoms with E-state index >= 15 is 0 Å². The smallest absolute Gasteiger partial charge is 0.155 e. The first-order valence-corrected chi connectivity index (χ1v) is 4.97. The highest BCUT2D eigenvalue weighted by atomic mass is 127. The molecule has 1 unspecified atom stereocenters. The SMILES string of the molecule is Cc1ccc(NC(C)(I)C=O)nc1. The fraction of sp³-hybridized carbons (Fsp3) is 0.333. The first kappa shape index (κ1) is 10.4. The number of rotatable bonds is 3. The minimum Gasteiger partial charge on any atom is -0.350 e. The van der Waals surface area contributed by atoms with E-state index in [0.29, 0.717) is 0 Å². The van der Waals surface area contributed by atoms with E-state index in [2.05, 4.69) is 10.3 Å². The first-order chi connectivity index (χ1) is 6.03. The van der Waals surface area contributed by atoms with Crippen LogP contribution in [0.25, 0.3) is 0 Å². The van der Waals surface area contributed by atoms with Crippen molar-refractivity contribution in [3.05, 3.63) is 23.9 Å². The quantitative estimate of drug-likeness (QED) is 0.401. The van der Waals surface area contributed by atoms with E-state index in [1.807, 2.05) is 41.6 Å². The number of halogens is 1. The minimum atomic E-state index is -0.583. The molecule has 4 heteroatoms. The van der Waals surface area contributed by atoms with E-state index in [0.717, 1.165) is 17.7 Å². The number of aldehydes is 1. The maximum atomic E-state index is 10.6. The number of alkyl halides is 1. The van der Waals surface area contributed by atoms with E-state index in [4.69, 9.17) is 0 Å². The Morgan fingerprint density at radius 3 is 2.77 bits per heavy atom. The third-order valence-corrected chi connectivity index (χ3v) is 2.03. The highest BCUT2D eigenvalue weighted by Gasteiger charge is 2.18. The molecule has 1 atom stereocenters. The maximum absolute atomic E-state index is 10.6. The van der Waals surface area contributed by atoms with Crippen LogP contribution in [0.5, 0.6) is 0 Å². The first-order valence-electron chi connectivity index (χ1n) is 3.89. The predicted octanol–water partition coefficient (Wildman–Crippen LogP) is 2.15. The number of aryl methyl sites for hydroxylation is 1. The van der Waals surface area contributed by atoms with Crippen LogP contribution in [0, 0.1) is 6.92 Å². The number of hydrogen-bond acceptors (Lipinski definition) is 3. The Balaban J connectivity index is 2.75. The molecule has 0 saturated heterocycles.